The van der Waals surface area contributed by atoms with Crippen molar-refractivity contribution in [3.63, 3.8) is 0 Å². The third-order valence-electron chi connectivity index (χ3n) is 1.47. The molecule has 0 aliphatic rings. The lowest BCUT2D eigenvalue weighted by Crippen LogP contribution is -1.99. The van der Waals surface area contributed by atoms with Crippen LogP contribution in [0.15, 0.2) is 0 Å². The number of hydrogen-bond acceptors (Lipinski definition) is 9. The molecule has 2 aromatic heterocycles. The van der Waals surface area contributed by atoms with Crippen molar-refractivity contribution in [3.8, 4) is 12.0 Å². The molecule has 0 saturated heterocycles. The molecule has 0 aliphatic carbocycles. The highest BCUT2D eigenvalue weighted by Gasteiger charge is 2.12. The van der Waals surface area contributed by atoms with Gasteiger partial charge >= 0.3 is 20.3 Å². The Morgan fingerprint density at radius 1 is 0.650 bits per heavy atom. The Morgan fingerprint density at radius 3 is 1.25 bits per heavy atom. The maximum absolute atomic E-state index is 11.6. The molecule has 0 amide bonds. The summed E-state index contributed by atoms with van der Waals surface area (Å²) in [6.07, 6.45) is 0. The summed E-state index contributed by atoms with van der Waals surface area (Å²) in [6.45, 7) is 0. The molecule has 0 spiro atoms. The van der Waals surface area contributed by atoms with Gasteiger partial charge in [-0.3, -0.25) is 0 Å². The van der Waals surface area contributed by atoms with Crippen LogP contribution in [0.1, 0.15) is 0 Å². The second-order valence-electron chi connectivity index (χ2n) is 2.77. The van der Waals surface area contributed by atoms with Crippen molar-refractivity contribution in [2.24, 2.45) is 0 Å². The van der Waals surface area contributed by atoms with Crippen LogP contribution in [0.25, 0.3) is 0 Å². The average Bonchev–Trinajstić information content (AvgIpc) is 2.24. The van der Waals surface area contributed by atoms with E-state index in [1.165, 1.54) is 0 Å². The van der Waals surface area contributed by atoms with Crippen LogP contribution >= 0.6 is 54.7 Å². The van der Waals surface area contributed by atoms with E-state index >= 15 is 0 Å². The second kappa shape index (κ2) is 6.64. The van der Waals surface area contributed by atoms with Gasteiger partial charge in [0.15, 0.2) is 0 Å². The van der Waals surface area contributed by atoms with E-state index in [4.69, 9.17) is 55.5 Å². The normalized spacial score (nSPS) is 10.7. The second-order valence-corrected chi connectivity index (χ2v) is 5.03. The maximum atomic E-state index is 11.6. The summed E-state index contributed by atoms with van der Waals surface area (Å²) in [5, 5.41) is -0.941. The molecule has 0 fully saturated rings. The minimum Gasteiger partial charge on any atom is -0.382 e. The van der Waals surface area contributed by atoms with Crippen LogP contribution in [-0.4, -0.2) is 29.9 Å². The summed E-state index contributed by atoms with van der Waals surface area (Å²) in [7, 11) is -3.15. The van der Waals surface area contributed by atoms with Crippen LogP contribution in [0.4, 0.5) is 0 Å². The lowest BCUT2D eigenvalue weighted by atomic mass is 11.0. The Kier molecular flexibility index (Phi) is 5.11. The third kappa shape index (κ3) is 4.53. The van der Waals surface area contributed by atoms with E-state index in [0.29, 0.717) is 0 Å². The lowest BCUT2D eigenvalue weighted by Gasteiger charge is -2.05. The van der Waals surface area contributed by atoms with Gasteiger partial charge in [-0.25, -0.2) is 4.57 Å². The molecule has 0 radical (unpaired) electrons. The fourth-order valence-electron chi connectivity index (χ4n) is 0.879. The smallest absolute Gasteiger partial charge is 0.382 e. The van der Waals surface area contributed by atoms with E-state index in [0.717, 1.165) is 0 Å². The minimum atomic E-state index is -3.15. The first kappa shape index (κ1) is 15.4. The highest BCUT2D eigenvalue weighted by molar-refractivity contribution is 7.34. The van der Waals surface area contributed by atoms with Crippen molar-refractivity contribution in [2.75, 3.05) is 0 Å². The Hall–Kier alpha value is -0.990. The van der Waals surface area contributed by atoms with Crippen LogP contribution in [0, 0.1) is 0 Å². The molecule has 9 nitrogen and oxygen atoms in total. The molecule has 0 aromatic carbocycles. The molecule has 14 heteroatoms. The maximum Gasteiger partial charge on any atom is 0.423 e. The van der Waals surface area contributed by atoms with Crippen molar-refractivity contribution in [3.05, 3.63) is 21.1 Å². The number of nitrogens with zero attached hydrogens (tertiary/aromatic N) is 6. The quantitative estimate of drug-likeness (QED) is 0.741. The molecule has 0 bridgehead atoms. The Morgan fingerprint density at radius 2 is 0.950 bits per heavy atom. The van der Waals surface area contributed by atoms with Gasteiger partial charge in [0.05, 0.1) is 0 Å². The molecule has 20 heavy (non-hydrogen) atoms. The van der Waals surface area contributed by atoms with Crippen LogP contribution in [-0.2, 0) is 4.57 Å². The molecule has 0 saturated carbocycles. The standard InChI is InChI=1S/C6HCl4N6O3P/c7-1-11-2(8)14-5(13-1)18-20(17)19-6-15-3(9)12-4(10)16-6/h20H. The molecule has 2 rings (SSSR count). The molecular formula is C6HCl4N6O3P. The van der Waals surface area contributed by atoms with Crippen LogP contribution < -0.4 is 9.05 Å². The van der Waals surface area contributed by atoms with E-state index < -0.39 is 8.25 Å². The SMILES string of the molecule is O=[PH](Oc1nc(Cl)nc(Cl)n1)Oc1nc(Cl)nc(Cl)n1. The van der Waals surface area contributed by atoms with Crippen molar-refractivity contribution < 1.29 is 13.6 Å². The summed E-state index contributed by atoms with van der Waals surface area (Å²) < 4.78 is 21.1. The number of rotatable bonds is 4. The van der Waals surface area contributed by atoms with Gasteiger partial charge in [-0.2, -0.15) is 29.9 Å². The first-order chi connectivity index (χ1) is 9.42. The van der Waals surface area contributed by atoms with E-state index in [9.17, 15) is 4.57 Å². The lowest BCUT2D eigenvalue weighted by molar-refractivity contribution is 0.388. The van der Waals surface area contributed by atoms with Gasteiger partial charge < -0.3 is 9.05 Å². The highest BCUT2D eigenvalue weighted by atomic mass is 35.5. The zero-order chi connectivity index (χ0) is 14.7. The fourth-order valence-corrected chi connectivity index (χ4v) is 2.10. The Bertz CT molecular complexity index is 579. The number of halogens is 4. The largest absolute Gasteiger partial charge is 0.423 e. The van der Waals surface area contributed by atoms with E-state index in [-0.39, 0.29) is 33.2 Å². The monoisotopic (exact) mass is 376 g/mol. The molecule has 0 aliphatic heterocycles. The number of aromatic nitrogens is 6. The Labute approximate surface area is 131 Å². The first-order valence-corrected chi connectivity index (χ1v) is 7.20. The Balaban J connectivity index is 2.08. The number of hydrogen-bond donors (Lipinski definition) is 0. The summed E-state index contributed by atoms with van der Waals surface area (Å²) in [5.41, 5.74) is 0. The van der Waals surface area contributed by atoms with Crippen LogP contribution in [0.2, 0.25) is 21.1 Å². The zero-order valence-electron chi connectivity index (χ0n) is 8.92. The van der Waals surface area contributed by atoms with Gasteiger partial charge in [-0.15, -0.1) is 0 Å². The third-order valence-corrected chi connectivity index (χ3v) is 2.84. The van der Waals surface area contributed by atoms with Crippen LogP contribution in [0.5, 0.6) is 12.0 Å². The minimum absolute atomic E-state index is 0.235. The van der Waals surface area contributed by atoms with Crippen LogP contribution in [0.3, 0.4) is 0 Å². The summed E-state index contributed by atoms with van der Waals surface area (Å²) in [4.78, 5) is 21.1. The van der Waals surface area contributed by atoms with Gasteiger partial charge in [-0.1, -0.05) is 0 Å². The van der Waals surface area contributed by atoms with Gasteiger partial charge in [0.2, 0.25) is 21.1 Å². The molecule has 0 N–H and O–H groups in total. The molecule has 0 unspecified atom stereocenters. The van der Waals surface area contributed by atoms with Gasteiger partial charge in [0.1, 0.15) is 0 Å². The van der Waals surface area contributed by atoms with E-state index in [1.54, 1.807) is 0 Å². The van der Waals surface area contributed by atoms with Gasteiger partial charge in [0.25, 0.3) is 0 Å². The summed E-state index contributed by atoms with van der Waals surface area (Å²) in [5.74, 6) is 0. The van der Waals surface area contributed by atoms with Crippen molar-refractivity contribution >= 4 is 54.7 Å². The van der Waals surface area contributed by atoms with Gasteiger partial charge in [0, 0.05) is 0 Å². The predicted molar refractivity (Wildman–Crippen MR) is 70.0 cm³/mol. The molecular weight excluding hydrogens is 377 g/mol. The van der Waals surface area contributed by atoms with Crippen molar-refractivity contribution in [1.29, 1.82) is 0 Å². The van der Waals surface area contributed by atoms with Crippen molar-refractivity contribution in [1.82, 2.24) is 29.9 Å². The zero-order valence-corrected chi connectivity index (χ0v) is 12.9. The highest BCUT2D eigenvalue weighted by Crippen LogP contribution is 2.28. The first-order valence-electron chi connectivity index (χ1n) is 4.46. The van der Waals surface area contributed by atoms with E-state index in [1.807, 2.05) is 0 Å². The molecule has 2 aromatic rings. The average molecular weight is 378 g/mol. The molecule has 2 heterocycles. The fraction of sp³-hybridized carbons (Fsp3) is 0. The molecule has 106 valence electrons. The topological polar surface area (TPSA) is 113 Å². The summed E-state index contributed by atoms with van der Waals surface area (Å²) in [6, 6.07) is -0.768. The molecule has 0 atom stereocenters. The van der Waals surface area contributed by atoms with Crippen molar-refractivity contribution in [2.45, 2.75) is 0 Å². The predicted octanol–water partition coefficient (Wildman–Crippen LogP) is 2.52. The summed E-state index contributed by atoms with van der Waals surface area (Å²) >= 11 is 22.0. The van der Waals surface area contributed by atoms with E-state index in [2.05, 4.69) is 29.9 Å². The van der Waals surface area contributed by atoms with Gasteiger partial charge in [-0.05, 0) is 46.4 Å².